The number of halogens is 2. The van der Waals surface area contributed by atoms with Gasteiger partial charge in [0.2, 0.25) is 0 Å². The van der Waals surface area contributed by atoms with Crippen LogP contribution in [-0.2, 0) is 34.2 Å². The zero-order chi connectivity index (χ0) is 39.3. The van der Waals surface area contributed by atoms with Crippen molar-refractivity contribution in [3.8, 4) is 22.3 Å². The van der Waals surface area contributed by atoms with Crippen LogP contribution in [0.3, 0.4) is 0 Å². The minimum absolute atomic E-state index is 0. The Morgan fingerprint density at radius 3 is 1.41 bits per heavy atom. The van der Waals surface area contributed by atoms with Gasteiger partial charge in [-0.1, -0.05) is 188 Å². The van der Waals surface area contributed by atoms with Crippen molar-refractivity contribution in [2.45, 2.75) is 72.1 Å². The van der Waals surface area contributed by atoms with Crippen LogP contribution >= 0.6 is 24.8 Å². The van der Waals surface area contributed by atoms with E-state index in [1.54, 1.807) is 0 Å². The number of benzene rings is 6. The second-order valence-corrected chi connectivity index (χ2v) is 16.8. The summed E-state index contributed by atoms with van der Waals surface area (Å²) in [6.45, 7) is 21.0. The van der Waals surface area contributed by atoms with E-state index >= 15 is 0 Å². The summed E-state index contributed by atoms with van der Waals surface area (Å²) in [6.07, 6.45) is 0. The predicted octanol–water partition coefficient (Wildman–Crippen LogP) is 16.2. The summed E-state index contributed by atoms with van der Waals surface area (Å²) in [7, 11) is 0. The van der Waals surface area contributed by atoms with Gasteiger partial charge in [-0.15, -0.1) is 93.4 Å². The normalized spacial score (nSPS) is 10.8. The quantitative estimate of drug-likeness (QED) is 0.119. The van der Waals surface area contributed by atoms with Crippen molar-refractivity contribution in [2.24, 2.45) is 0 Å². The minimum atomic E-state index is 0. The molecule has 8 rings (SSSR count). The molecule has 2 radical (unpaired) electrons. The van der Waals surface area contributed by atoms with Crippen LogP contribution in [0.1, 0.15) is 86.4 Å². The van der Waals surface area contributed by atoms with E-state index in [2.05, 4.69) is 226 Å². The molecule has 0 nitrogen and oxygen atoms in total. The Bertz CT molecular complexity index is 2440. The van der Waals surface area contributed by atoms with Gasteiger partial charge in [0.05, 0.1) is 0 Å². The Morgan fingerprint density at radius 1 is 0.492 bits per heavy atom. The monoisotopic (exact) mass is 908 g/mol. The van der Waals surface area contributed by atoms with Crippen LogP contribution in [0.25, 0.3) is 43.8 Å². The molecule has 0 aliphatic carbocycles. The first-order valence-electron chi connectivity index (χ1n) is 19.3. The molecule has 0 fully saturated rings. The van der Waals surface area contributed by atoms with Crippen LogP contribution in [0.5, 0.6) is 0 Å². The van der Waals surface area contributed by atoms with E-state index in [4.69, 9.17) is 0 Å². The van der Waals surface area contributed by atoms with Gasteiger partial charge in [0.25, 0.3) is 0 Å². The van der Waals surface area contributed by atoms with E-state index in [-0.39, 0.29) is 56.4 Å². The second kappa shape index (κ2) is 22.2. The number of fused-ring (bicyclic) bond motifs is 2. The van der Waals surface area contributed by atoms with E-state index in [0.717, 1.165) is 0 Å². The summed E-state index contributed by atoms with van der Waals surface area (Å²) in [5, 5.41) is 5.37. The Morgan fingerprint density at radius 2 is 0.949 bits per heavy atom. The van der Waals surface area contributed by atoms with Gasteiger partial charge in [-0.05, 0) is 44.2 Å². The van der Waals surface area contributed by atoms with Crippen LogP contribution in [0.15, 0.2) is 164 Å². The third kappa shape index (κ3) is 12.0. The van der Waals surface area contributed by atoms with E-state index in [9.17, 15) is 0 Å². The topological polar surface area (TPSA) is 0 Å². The van der Waals surface area contributed by atoms with Crippen LogP contribution in [-0.4, -0.2) is 6.88 Å². The fourth-order valence-electron chi connectivity index (χ4n) is 7.69. The zero-order valence-electron chi connectivity index (χ0n) is 36.5. The van der Waals surface area contributed by atoms with E-state index < -0.39 is 0 Å². The predicted molar refractivity (Wildman–Crippen MR) is 264 cm³/mol. The molecule has 8 aromatic carbocycles. The molecule has 0 heterocycles. The molecule has 4 heteroatoms. The molecule has 0 aliphatic rings. The molecule has 0 atom stereocenters. The van der Waals surface area contributed by atoms with Gasteiger partial charge in [0.1, 0.15) is 0 Å². The van der Waals surface area contributed by atoms with Gasteiger partial charge in [0, 0.05) is 5.92 Å². The van der Waals surface area contributed by atoms with Crippen molar-refractivity contribution in [1.82, 2.24) is 0 Å². The van der Waals surface area contributed by atoms with Crippen molar-refractivity contribution in [2.75, 3.05) is 0 Å². The molecule has 59 heavy (non-hydrogen) atoms. The van der Waals surface area contributed by atoms with Gasteiger partial charge >= 0.3 is 30.2 Å². The zero-order valence-corrected chi connectivity index (χ0v) is 41.6. The van der Waals surface area contributed by atoms with Gasteiger partial charge in [-0.3, -0.25) is 0 Å². The number of hydrogen-bond donors (Lipinski definition) is 0. The van der Waals surface area contributed by atoms with Gasteiger partial charge in [-0.2, -0.15) is 12.1 Å². The Balaban J connectivity index is 0.000000391. The first kappa shape index (κ1) is 51.4. The summed E-state index contributed by atoms with van der Waals surface area (Å²) < 4.78 is 0. The van der Waals surface area contributed by atoms with Crippen molar-refractivity contribution < 1.29 is 23.3 Å². The molecule has 0 amide bonds. The van der Waals surface area contributed by atoms with E-state index in [1.807, 2.05) is 0 Å². The standard InChI is InChI=1S/C32H29.C21H23.2CH3.2ClH.Si.Zr/c1-32(2,3)28-19-17-23(18-20-28)29-16-10-15-26-21-27(22-30(26)29)31(24-11-6-4-7-12-24)25-13-8-5-9-14-25;1-14-12-19-15(2)6-11-18(20(19)13-14)16-7-9-17(10-8-16)21(3,4)5;;;;;;/h4-22,31H,1-3H3;6-13H,1-5H3;2*1H3;2*1H;;/q4*-1;;;;. The SMILES string of the molecule is CC(C)(C)c1ccc(-c2cccc3[cH-]c(C(c4ccccc4)c4ccccc4)cc23)cc1.Cc1cc2c(-c3ccc(C(C)(C)C)cc3)ccc(C)c2[cH-]1.Cl.Cl.[CH3-].[CH3-].[Si]=[Zr]. The van der Waals surface area contributed by atoms with Crippen molar-refractivity contribution in [3.05, 3.63) is 218 Å². The summed E-state index contributed by atoms with van der Waals surface area (Å²) in [5.41, 5.74) is 15.0. The average molecular weight is 911 g/mol. The molecular weight excluding hydrogens is 851 g/mol. The summed E-state index contributed by atoms with van der Waals surface area (Å²) in [4.78, 5) is 0. The third-order valence-corrected chi connectivity index (χ3v) is 10.7. The summed E-state index contributed by atoms with van der Waals surface area (Å²) in [5.74, 6) is 0.223. The first-order chi connectivity index (χ1) is 26.4. The Kier molecular flexibility index (Phi) is 19.3. The number of hydrogen-bond acceptors (Lipinski definition) is 0. The molecule has 0 bridgehead atoms. The van der Waals surface area contributed by atoms with E-state index in [1.165, 1.54) is 106 Å². The maximum atomic E-state index is 3.06. The summed E-state index contributed by atoms with van der Waals surface area (Å²) in [6, 6.07) is 60.3. The number of aryl methyl sites for hydroxylation is 2. The molecule has 8 aromatic rings. The first-order valence-corrected chi connectivity index (χ1v) is 23.5. The molecule has 0 unspecified atom stereocenters. The molecule has 0 N–H and O–H groups in total. The third-order valence-electron chi connectivity index (χ3n) is 10.7. The van der Waals surface area contributed by atoms with Crippen molar-refractivity contribution in [3.63, 3.8) is 0 Å². The molecule has 0 aliphatic heterocycles. The van der Waals surface area contributed by atoms with Crippen LogP contribution in [0, 0.1) is 28.7 Å². The van der Waals surface area contributed by atoms with Gasteiger partial charge in [0.15, 0.2) is 0 Å². The van der Waals surface area contributed by atoms with Crippen LogP contribution in [0.2, 0.25) is 0 Å². The Hall–Kier alpha value is -3.78. The second-order valence-electron chi connectivity index (χ2n) is 16.8. The van der Waals surface area contributed by atoms with Crippen LogP contribution in [0.4, 0.5) is 0 Å². The van der Waals surface area contributed by atoms with Crippen molar-refractivity contribution in [1.29, 1.82) is 0 Å². The molecule has 0 saturated heterocycles. The fraction of sp³-hybridized carbons (Fsp3) is 0.200. The maximum absolute atomic E-state index is 3.06. The fourth-order valence-corrected chi connectivity index (χ4v) is 7.69. The number of rotatable bonds is 5. The molecular formula is C55H60Cl2SiZr-4. The molecule has 0 saturated carbocycles. The van der Waals surface area contributed by atoms with Crippen molar-refractivity contribution >= 4 is 53.2 Å². The molecule has 306 valence electrons. The van der Waals surface area contributed by atoms with Gasteiger partial charge in [-0.25, -0.2) is 0 Å². The molecule has 0 spiro atoms. The summed E-state index contributed by atoms with van der Waals surface area (Å²) >= 11 is 1.36. The van der Waals surface area contributed by atoms with E-state index in [0.29, 0.717) is 0 Å². The van der Waals surface area contributed by atoms with Crippen LogP contribution < -0.4 is 0 Å². The Labute approximate surface area is 385 Å². The average Bonchev–Trinajstić information content (AvgIpc) is 3.80. The van der Waals surface area contributed by atoms with Gasteiger partial charge < -0.3 is 14.9 Å². The molecule has 0 aromatic heterocycles.